The molecule has 2 aliphatic rings. The summed E-state index contributed by atoms with van der Waals surface area (Å²) in [5.74, 6) is 0.773. The van der Waals surface area contributed by atoms with Crippen molar-refractivity contribution in [2.45, 2.75) is 25.0 Å². The Kier molecular flexibility index (Phi) is 4.09. The van der Waals surface area contributed by atoms with Crippen molar-refractivity contribution < 1.29 is 14.3 Å². The van der Waals surface area contributed by atoms with Gasteiger partial charge in [0.1, 0.15) is 5.75 Å². The highest BCUT2D eigenvalue weighted by Gasteiger charge is 2.43. The van der Waals surface area contributed by atoms with Gasteiger partial charge in [-0.3, -0.25) is 0 Å². The number of methoxy groups -OCH3 is 1. The van der Waals surface area contributed by atoms with E-state index in [0.29, 0.717) is 19.7 Å². The molecule has 130 valence electrons. The van der Waals surface area contributed by atoms with Gasteiger partial charge in [-0.2, -0.15) is 0 Å². The van der Waals surface area contributed by atoms with Gasteiger partial charge < -0.3 is 19.7 Å². The van der Waals surface area contributed by atoms with E-state index in [9.17, 15) is 4.79 Å². The number of anilines is 1. The summed E-state index contributed by atoms with van der Waals surface area (Å²) >= 11 is 0. The van der Waals surface area contributed by atoms with Gasteiger partial charge in [-0.05, 0) is 48.2 Å². The SMILES string of the molecule is COc1ccc(NC(=O)N2CCC3(CC2)OCc2ccccc23)cc1. The zero-order valence-electron chi connectivity index (χ0n) is 14.3. The van der Waals surface area contributed by atoms with Crippen LogP contribution in [-0.2, 0) is 16.9 Å². The van der Waals surface area contributed by atoms with Crippen LogP contribution in [0.1, 0.15) is 24.0 Å². The molecule has 2 aromatic rings. The molecule has 25 heavy (non-hydrogen) atoms. The molecule has 1 fully saturated rings. The molecule has 0 radical (unpaired) electrons. The van der Waals surface area contributed by atoms with Crippen LogP contribution in [0.5, 0.6) is 5.75 Å². The molecule has 1 saturated heterocycles. The minimum atomic E-state index is -0.215. The van der Waals surface area contributed by atoms with E-state index in [2.05, 4.69) is 29.6 Å². The first-order valence-corrected chi connectivity index (χ1v) is 8.62. The number of amides is 2. The summed E-state index contributed by atoms with van der Waals surface area (Å²) in [4.78, 5) is 14.4. The predicted molar refractivity (Wildman–Crippen MR) is 95.7 cm³/mol. The van der Waals surface area contributed by atoms with E-state index in [1.807, 2.05) is 29.2 Å². The largest absolute Gasteiger partial charge is 0.497 e. The second-order valence-electron chi connectivity index (χ2n) is 6.59. The van der Waals surface area contributed by atoms with Crippen molar-refractivity contribution in [3.63, 3.8) is 0 Å². The molecule has 0 atom stereocenters. The number of ether oxygens (including phenoxy) is 2. The fraction of sp³-hybridized carbons (Fsp3) is 0.350. The molecular weight excluding hydrogens is 316 g/mol. The fourth-order valence-electron chi connectivity index (χ4n) is 3.75. The predicted octanol–water partition coefficient (Wildman–Crippen LogP) is 3.75. The second kappa shape index (κ2) is 6.41. The summed E-state index contributed by atoms with van der Waals surface area (Å²) < 4.78 is 11.3. The molecule has 0 bridgehead atoms. The molecule has 1 spiro atoms. The van der Waals surface area contributed by atoms with Gasteiger partial charge >= 0.3 is 6.03 Å². The molecule has 2 aromatic carbocycles. The number of urea groups is 1. The van der Waals surface area contributed by atoms with E-state index in [0.717, 1.165) is 24.3 Å². The highest BCUT2D eigenvalue weighted by atomic mass is 16.5. The van der Waals surface area contributed by atoms with E-state index in [1.165, 1.54) is 11.1 Å². The maximum Gasteiger partial charge on any atom is 0.321 e. The Morgan fingerprint density at radius 3 is 2.56 bits per heavy atom. The van der Waals surface area contributed by atoms with Gasteiger partial charge in [0.05, 0.1) is 19.3 Å². The van der Waals surface area contributed by atoms with Gasteiger partial charge in [-0.25, -0.2) is 4.79 Å². The van der Waals surface area contributed by atoms with Crippen LogP contribution >= 0.6 is 0 Å². The molecule has 5 nitrogen and oxygen atoms in total. The monoisotopic (exact) mass is 338 g/mol. The van der Waals surface area contributed by atoms with Crippen molar-refractivity contribution in [2.75, 3.05) is 25.5 Å². The third kappa shape index (κ3) is 2.96. The Balaban J connectivity index is 1.39. The molecule has 2 amide bonds. The van der Waals surface area contributed by atoms with Crippen molar-refractivity contribution in [1.29, 1.82) is 0 Å². The number of benzene rings is 2. The first-order chi connectivity index (χ1) is 12.2. The molecule has 0 saturated carbocycles. The van der Waals surface area contributed by atoms with Gasteiger partial charge in [0, 0.05) is 18.8 Å². The summed E-state index contributed by atoms with van der Waals surface area (Å²) in [6.07, 6.45) is 1.67. The number of rotatable bonds is 2. The lowest BCUT2D eigenvalue weighted by atomic mass is 9.84. The lowest BCUT2D eigenvalue weighted by Gasteiger charge is -2.39. The number of hydrogen-bond acceptors (Lipinski definition) is 3. The van der Waals surface area contributed by atoms with Crippen LogP contribution in [0.2, 0.25) is 0 Å². The van der Waals surface area contributed by atoms with Crippen LogP contribution in [0.4, 0.5) is 10.5 Å². The van der Waals surface area contributed by atoms with Crippen LogP contribution in [0.15, 0.2) is 48.5 Å². The smallest absolute Gasteiger partial charge is 0.321 e. The Hall–Kier alpha value is -2.53. The number of piperidine rings is 1. The highest BCUT2D eigenvalue weighted by molar-refractivity contribution is 5.89. The minimum Gasteiger partial charge on any atom is -0.497 e. The second-order valence-corrected chi connectivity index (χ2v) is 6.59. The van der Waals surface area contributed by atoms with Crippen molar-refractivity contribution in [1.82, 2.24) is 4.90 Å². The highest BCUT2D eigenvalue weighted by Crippen LogP contribution is 2.43. The fourth-order valence-corrected chi connectivity index (χ4v) is 3.75. The van der Waals surface area contributed by atoms with Crippen LogP contribution < -0.4 is 10.1 Å². The number of carbonyl (C=O) groups is 1. The van der Waals surface area contributed by atoms with E-state index >= 15 is 0 Å². The Morgan fingerprint density at radius 2 is 1.84 bits per heavy atom. The normalized spacial score (nSPS) is 18.0. The molecular formula is C20H22N2O3. The zero-order chi connectivity index (χ0) is 17.3. The minimum absolute atomic E-state index is 0.0636. The Morgan fingerprint density at radius 1 is 1.12 bits per heavy atom. The lowest BCUT2D eigenvalue weighted by molar-refractivity contribution is -0.0722. The Bertz CT molecular complexity index is 765. The average molecular weight is 338 g/mol. The molecule has 1 N–H and O–H groups in total. The lowest BCUT2D eigenvalue weighted by Crippen LogP contribution is -2.46. The third-order valence-electron chi connectivity index (χ3n) is 5.21. The molecule has 2 heterocycles. The number of hydrogen-bond donors (Lipinski definition) is 1. The quantitative estimate of drug-likeness (QED) is 0.907. The van der Waals surface area contributed by atoms with Crippen molar-refractivity contribution in [2.24, 2.45) is 0 Å². The number of nitrogens with zero attached hydrogens (tertiary/aromatic N) is 1. The number of carbonyl (C=O) groups excluding carboxylic acids is 1. The maximum absolute atomic E-state index is 12.5. The summed E-state index contributed by atoms with van der Waals surface area (Å²) in [7, 11) is 1.63. The van der Waals surface area contributed by atoms with E-state index in [4.69, 9.17) is 9.47 Å². The summed E-state index contributed by atoms with van der Waals surface area (Å²) in [6.45, 7) is 2.06. The first kappa shape index (κ1) is 16.0. The third-order valence-corrected chi connectivity index (χ3v) is 5.21. The zero-order valence-corrected chi connectivity index (χ0v) is 14.3. The summed E-state index contributed by atoms with van der Waals surface area (Å²) in [6, 6.07) is 15.7. The summed E-state index contributed by atoms with van der Waals surface area (Å²) in [5.41, 5.74) is 3.13. The van der Waals surface area contributed by atoms with Gasteiger partial charge in [0.15, 0.2) is 0 Å². The Labute approximate surface area is 147 Å². The summed E-state index contributed by atoms with van der Waals surface area (Å²) in [5, 5.41) is 2.95. The molecule has 5 heteroatoms. The van der Waals surface area contributed by atoms with Crippen LogP contribution in [0.25, 0.3) is 0 Å². The first-order valence-electron chi connectivity index (χ1n) is 8.62. The van der Waals surface area contributed by atoms with Crippen molar-refractivity contribution >= 4 is 11.7 Å². The molecule has 0 unspecified atom stereocenters. The number of fused-ring (bicyclic) bond motifs is 2. The van der Waals surface area contributed by atoms with Crippen molar-refractivity contribution in [3.8, 4) is 5.75 Å². The van der Waals surface area contributed by atoms with Crippen LogP contribution in [0.3, 0.4) is 0 Å². The van der Waals surface area contributed by atoms with Crippen LogP contribution in [-0.4, -0.2) is 31.1 Å². The van der Waals surface area contributed by atoms with Crippen LogP contribution in [0, 0.1) is 0 Å². The van der Waals surface area contributed by atoms with Crippen molar-refractivity contribution in [3.05, 3.63) is 59.7 Å². The molecule has 4 rings (SSSR count). The van der Waals surface area contributed by atoms with E-state index in [-0.39, 0.29) is 11.6 Å². The molecule has 2 aliphatic heterocycles. The van der Waals surface area contributed by atoms with E-state index in [1.54, 1.807) is 7.11 Å². The van der Waals surface area contributed by atoms with Gasteiger partial charge in [-0.15, -0.1) is 0 Å². The standard InChI is InChI=1S/C20H22N2O3/c1-24-17-8-6-16(7-9-17)21-19(23)22-12-10-20(11-13-22)18-5-3-2-4-15(18)14-25-20/h2-9H,10-14H2,1H3,(H,21,23). The average Bonchev–Trinajstić information content (AvgIpc) is 3.01. The molecule has 0 aliphatic carbocycles. The topological polar surface area (TPSA) is 50.8 Å². The molecule has 0 aromatic heterocycles. The maximum atomic E-state index is 12.5. The number of nitrogens with one attached hydrogen (secondary N) is 1. The number of likely N-dealkylation sites (tertiary alicyclic amines) is 1. The van der Waals surface area contributed by atoms with E-state index < -0.39 is 0 Å². The van der Waals surface area contributed by atoms with Gasteiger partial charge in [-0.1, -0.05) is 24.3 Å². The van der Waals surface area contributed by atoms with Gasteiger partial charge in [0.2, 0.25) is 0 Å². The van der Waals surface area contributed by atoms with Gasteiger partial charge in [0.25, 0.3) is 0 Å².